The van der Waals surface area contributed by atoms with Gasteiger partial charge in [0.25, 0.3) is 5.69 Å². The molecule has 7 heteroatoms. The number of hydrogen-bond acceptors (Lipinski definition) is 4. The van der Waals surface area contributed by atoms with E-state index < -0.39 is 16.5 Å². The summed E-state index contributed by atoms with van der Waals surface area (Å²) in [5.41, 5.74) is 0.889. The molecule has 0 amide bonds. The Balaban J connectivity index is 2.15. The predicted octanol–water partition coefficient (Wildman–Crippen LogP) is 3.71. The number of nitro benzene ring substituents is 1. The van der Waals surface area contributed by atoms with Crippen LogP contribution in [0.1, 0.15) is 5.56 Å². The van der Waals surface area contributed by atoms with Crippen molar-refractivity contribution in [3.05, 3.63) is 62.9 Å². The maximum Gasteiger partial charge on any atom is 0.269 e. The molecular weight excluding hydrogens is 287 g/mol. The highest BCUT2D eigenvalue weighted by Gasteiger charge is 2.10. The summed E-state index contributed by atoms with van der Waals surface area (Å²) in [4.78, 5) is 10.2. The molecule has 0 aliphatic rings. The van der Waals surface area contributed by atoms with Crippen LogP contribution in [0.3, 0.4) is 0 Å². The largest absolute Gasteiger partial charge is 0.505 e. The number of nitrogens with one attached hydrogen (secondary N) is 1. The van der Waals surface area contributed by atoms with Crippen LogP contribution in [0.5, 0.6) is 5.75 Å². The SMILES string of the molecule is O=[N+]([O-])c1ccc(Cl)c(CNc2ccc(O)c(F)c2)c1. The first-order valence-corrected chi connectivity index (χ1v) is 6.00. The molecule has 104 valence electrons. The minimum absolute atomic E-state index is 0.0666. The number of aromatic hydroxyl groups is 1. The fourth-order valence-electron chi connectivity index (χ4n) is 1.62. The van der Waals surface area contributed by atoms with Crippen molar-refractivity contribution in [1.29, 1.82) is 0 Å². The number of hydrogen-bond donors (Lipinski definition) is 2. The van der Waals surface area contributed by atoms with Crippen molar-refractivity contribution < 1.29 is 14.4 Å². The number of anilines is 1. The summed E-state index contributed by atoms with van der Waals surface area (Å²) in [6, 6.07) is 7.93. The van der Waals surface area contributed by atoms with Crippen LogP contribution >= 0.6 is 11.6 Å². The monoisotopic (exact) mass is 296 g/mol. The molecule has 0 heterocycles. The van der Waals surface area contributed by atoms with Gasteiger partial charge < -0.3 is 10.4 Å². The average Bonchev–Trinajstić information content (AvgIpc) is 2.41. The second-order valence-corrected chi connectivity index (χ2v) is 4.46. The molecule has 2 rings (SSSR count). The summed E-state index contributed by atoms with van der Waals surface area (Å²) >= 11 is 5.95. The summed E-state index contributed by atoms with van der Waals surface area (Å²) in [5, 5.41) is 23.0. The maximum absolute atomic E-state index is 13.1. The number of rotatable bonds is 4. The van der Waals surface area contributed by atoms with E-state index in [9.17, 15) is 14.5 Å². The van der Waals surface area contributed by atoms with E-state index >= 15 is 0 Å². The van der Waals surface area contributed by atoms with E-state index in [-0.39, 0.29) is 12.2 Å². The fraction of sp³-hybridized carbons (Fsp3) is 0.0769. The number of nitrogens with zero attached hydrogens (tertiary/aromatic N) is 1. The lowest BCUT2D eigenvalue weighted by Crippen LogP contribution is -2.01. The van der Waals surface area contributed by atoms with E-state index in [0.717, 1.165) is 6.07 Å². The van der Waals surface area contributed by atoms with Crippen molar-refractivity contribution in [3.63, 3.8) is 0 Å². The second-order valence-electron chi connectivity index (χ2n) is 4.05. The lowest BCUT2D eigenvalue weighted by molar-refractivity contribution is -0.384. The first-order valence-electron chi connectivity index (χ1n) is 5.62. The number of halogens is 2. The van der Waals surface area contributed by atoms with Crippen LogP contribution in [-0.2, 0) is 6.54 Å². The van der Waals surface area contributed by atoms with E-state index in [0.29, 0.717) is 16.3 Å². The highest BCUT2D eigenvalue weighted by Crippen LogP contribution is 2.24. The third kappa shape index (κ3) is 3.16. The van der Waals surface area contributed by atoms with E-state index in [4.69, 9.17) is 16.7 Å². The van der Waals surface area contributed by atoms with Crippen LogP contribution < -0.4 is 5.32 Å². The Labute approximate surface area is 118 Å². The number of nitro groups is 1. The van der Waals surface area contributed by atoms with Crippen molar-refractivity contribution >= 4 is 23.0 Å². The van der Waals surface area contributed by atoms with Crippen LogP contribution in [-0.4, -0.2) is 10.0 Å². The standard InChI is InChI=1S/C13H10ClFN2O3/c14-11-3-2-10(17(19)20)5-8(11)7-16-9-1-4-13(18)12(15)6-9/h1-6,16,18H,7H2. The summed E-state index contributed by atoms with van der Waals surface area (Å²) in [6.45, 7) is 0.199. The molecule has 0 spiro atoms. The highest BCUT2D eigenvalue weighted by molar-refractivity contribution is 6.31. The molecule has 5 nitrogen and oxygen atoms in total. The third-order valence-electron chi connectivity index (χ3n) is 2.67. The molecule has 0 unspecified atom stereocenters. The molecule has 0 aliphatic carbocycles. The molecule has 0 aromatic heterocycles. The van der Waals surface area contributed by atoms with Gasteiger partial charge in [-0.2, -0.15) is 0 Å². The summed E-state index contributed by atoms with van der Waals surface area (Å²) < 4.78 is 13.1. The molecule has 0 radical (unpaired) electrons. The fourth-order valence-corrected chi connectivity index (χ4v) is 1.81. The van der Waals surface area contributed by atoms with Gasteiger partial charge in [0.1, 0.15) is 0 Å². The van der Waals surface area contributed by atoms with Gasteiger partial charge >= 0.3 is 0 Å². The number of benzene rings is 2. The van der Waals surface area contributed by atoms with E-state index in [1.54, 1.807) is 0 Å². The van der Waals surface area contributed by atoms with Crippen LogP contribution in [0, 0.1) is 15.9 Å². The topological polar surface area (TPSA) is 75.4 Å². The van der Waals surface area contributed by atoms with E-state index in [1.807, 2.05) is 0 Å². The molecule has 2 aromatic rings. The van der Waals surface area contributed by atoms with Gasteiger partial charge in [0.2, 0.25) is 0 Å². The van der Waals surface area contributed by atoms with E-state index in [2.05, 4.69) is 5.32 Å². The molecule has 0 saturated heterocycles. The number of non-ortho nitro benzene ring substituents is 1. The Kier molecular flexibility index (Phi) is 4.05. The van der Waals surface area contributed by atoms with Crippen molar-refractivity contribution in [2.24, 2.45) is 0 Å². The predicted molar refractivity (Wildman–Crippen MR) is 73.5 cm³/mol. The molecule has 0 fully saturated rings. The van der Waals surface area contributed by atoms with Crippen molar-refractivity contribution in [2.45, 2.75) is 6.54 Å². The molecule has 0 atom stereocenters. The molecule has 2 N–H and O–H groups in total. The van der Waals surface area contributed by atoms with Gasteiger partial charge in [-0.1, -0.05) is 11.6 Å². The lowest BCUT2D eigenvalue weighted by atomic mass is 10.2. The van der Waals surface area contributed by atoms with Crippen LogP contribution in [0.25, 0.3) is 0 Å². The number of phenolic OH excluding ortho intramolecular Hbond substituents is 1. The molecular formula is C13H10ClFN2O3. The molecule has 0 aliphatic heterocycles. The van der Waals surface area contributed by atoms with Gasteiger partial charge in [0, 0.05) is 35.5 Å². The normalized spacial score (nSPS) is 10.3. The first-order chi connectivity index (χ1) is 9.47. The molecule has 0 bridgehead atoms. The van der Waals surface area contributed by atoms with Gasteiger partial charge in [0.15, 0.2) is 11.6 Å². The van der Waals surface area contributed by atoms with Crippen LogP contribution in [0.15, 0.2) is 36.4 Å². The summed E-state index contributed by atoms with van der Waals surface area (Å²) in [6.07, 6.45) is 0. The summed E-state index contributed by atoms with van der Waals surface area (Å²) in [5.74, 6) is -1.19. The lowest BCUT2D eigenvalue weighted by Gasteiger charge is -2.08. The Bertz CT molecular complexity index is 664. The smallest absolute Gasteiger partial charge is 0.269 e. The van der Waals surface area contributed by atoms with Crippen LogP contribution in [0.2, 0.25) is 5.02 Å². The van der Waals surface area contributed by atoms with Crippen molar-refractivity contribution in [1.82, 2.24) is 0 Å². The first kappa shape index (κ1) is 14.1. The molecule has 0 saturated carbocycles. The van der Waals surface area contributed by atoms with Gasteiger partial charge in [-0.25, -0.2) is 4.39 Å². The Morgan fingerprint density at radius 3 is 2.70 bits per heavy atom. The van der Waals surface area contributed by atoms with Gasteiger partial charge in [-0.15, -0.1) is 0 Å². The van der Waals surface area contributed by atoms with Gasteiger partial charge in [-0.05, 0) is 23.8 Å². The minimum atomic E-state index is -0.750. The molecule has 20 heavy (non-hydrogen) atoms. The third-order valence-corrected chi connectivity index (χ3v) is 3.04. The average molecular weight is 297 g/mol. The van der Waals surface area contributed by atoms with Crippen molar-refractivity contribution in [2.75, 3.05) is 5.32 Å². The zero-order valence-electron chi connectivity index (χ0n) is 10.1. The zero-order valence-corrected chi connectivity index (χ0v) is 10.9. The van der Waals surface area contributed by atoms with Gasteiger partial charge in [0.05, 0.1) is 4.92 Å². The Hall–Kier alpha value is -2.34. The Morgan fingerprint density at radius 1 is 1.30 bits per heavy atom. The number of phenols is 1. The molecule has 2 aromatic carbocycles. The zero-order chi connectivity index (χ0) is 14.7. The van der Waals surface area contributed by atoms with Crippen molar-refractivity contribution in [3.8, 4) is 5.75 Å². The quantitative estimate of drug-likeness (QED) is 0.512. The second kappa shape index (κ2) is 5.75. The van der Waals surface area contributed by atoms with E-state index in [1.165, 1.54) is 30.3 Å². The summed E-state index contributed by atoms with van der Waals surface area (Å²) in [7, 11) is 0. The van der Waals surface area contributed by atoms with Gasteiger partial charge in [-0.3, -0.25) is 10.1 Å². The minimum Gasteiger partial charge on any atom is -0.505 e. The van der Waals surface area contributed by atoms with Crippen LogP contribution in [0.4, 0.5) is 15.8 Å². The Morgan fingerprint density at radius 2 is 2.05 bits per heavy atom. The highest BCUT2D eigenvalue weighted by atomic mass is 35.5. The maximum atomic E-state index is 13.1.